The zero-order valence-corrected chi connectivity index (χ0v) is 12.7. The Bertz CT molecular complexity index is 474. The highest BCUT2D eigenvalue weighted by atomic mass is 35.5. The Morgan fingerprint density at radius 3 is 2.45 bits per heavy atom. The molecule has 1 aliphatic rings. The van der Waals surface area contributed by atoms with Crippen molar-refractivity contribution >= 4 is 29.0 Å². The third kappa shape index (κ3) is 4.17. The van der Waals surface area contributed by atoms with Gasteiger partial charge in [0.1, 0.15) is 0 Å². The molecule has 4 nitrogen and oxygen atoms in total. The minimum Gasteiger partial charge on any atom is -0.395 e. The quantitative estimate of drug-likeness (QED) is 0.841. The number of carbonyl (C=O) groups excluding carboxylic acids is 1. The van der Waals surface area contributed by atoms with Crippen LogP contribution in [0.1, 0.15) is 10.4 Å². The van der Waals surface area contributed by atoms with Gasteiger partial charge >= 0.3 is 0 Å². The lowest BCUT2D eigenvalue weighted by Gasteiger charge is -2.33. The third-order valence-electron chi connectivity index (χ3n) is 3.48. The van der Waals surface area contributed by atoms with E-state index in [1.54, 1.807) is 18.2 Å². The van der Waals surface area contributed by atoms with E-state index < -0.39 is 0 Å². The first-order chi connectivity index (χ1) is 9.60. The molecule has 6 heteroatoms. The molecule has 0 amide bonds. The molecule has 1 aromatic rings. The van der Waals surface area contributed by atoms with Gasteiger partial charge in [0.05, 0.1) is 18.2 Å². The standard InChI is InChI=1S/C14H18Cl2N2O2/c15-11-1-2-13(16)12(9-11)14(20)10-18-5-3-17(4-6-18)7-8-19/h1-2,9,19H,3-8,10H2. The van der Waals surface area contributed by atoms with E-state index in [1.165, 1.54) is 0 Å². The maximum atomic E-state index is 12.3. The molecule has 1 aromatic carbocycles. The van der Waals surface area contributed by atoms with Crippen molar-refractivity contribution in [1.29, 1.82) is 0 Å². The zero-order valence-electron chi connectivity index (χ0n) is 11.2. The molecule has 0 spiro atoms. The number of ketones is 1. The zero-order chi connectivity index (χ0) is 14.5. The van der Waals surface area contributed by atoms with Crippen molar-refractivity contribution in [1.82, 2.24) is 9.80 Å². The Hall–Kier alpha value is -0.650. The van der Waals surface area contributed by atoms with E-state index in [9.17, 15) is 4.79 Å². The van der Waals surface area contributed by atoms with E-state index in [2.05, 4.69) is 9.80 Å². The van der Waals surface area contributed by atoms with Gasteiger partial charge in [-0.25, -0.2) is 0 Å². The average Bonchev–Trinajstić information content (AvgIpc) is 2.44. The monoisotopic (exact) mass is 316 g/mol. The number of nitrogens with zero attached hydrogens (tertiary/aromatic N) is 2. The lowest BCUT2D eigenvalue weighted by atomic mass is 10.1. The average molecular weight is 317 g/mol. The molecule has 1 fully saturated rings. The van der Waals surface area contributed by atoms with Crippen LogP contribution in [-0.2, 0) is 0 Å². The number of aliphatic hydroxyl groups is 1. The lowest BCUT2D eigenvalue weighted by molar-refractivity contribution is 0.0823. The van der Waals surface area contributed by atoms with Crippen molar-refractivity contribution < 1.29 is 9.90 Å². The van der Waals surface area contributed by atoms with E-state index in [0.29, 0.717) is 28.7 Å². The minimum absolute atomic E-state index is 0.00638. The highest BCUT2D eigenvalue weighted by Gasteiger charge is 2.20. The van der Waals surface area contributed by atoms with Crippen LogP contribution in [0.3, 0.4) is 0 Å². The summed E-state index contributed by atoms with van der Waals surface area (Å²) in [5.74, 6) is -0.00638. The van der Waals surface area contributed by atoms with Crippen molar-refractivity contribution in [2.24, 2.45) is 0 Å². The van der Waals surface area contributed by atoms with Crippen LogP contribution < -0.4 is 0 Å². The number of β-amino-alcohol motifs (C(OH)–C–C–N with tert-alkyl or cyclic N) is 1. The number of piperazine rings is 1. The number of rotatable bonds is 5. The van der Waals surface area contributed by atoms with Gasteiger partial charge in [-0.15, -0.1) is 0 Å². The Labute approximate surface area is 128 Å². The largest absolute Gasteiger partial charge is 0.395 e. The number of aliphatic hydroxyl groups excluding tert-OH is 1. The van der Waals surface area contributed by atoms with E-state index in [-0.39, 0.29) is 12.4 Å². The molecular formula is C14H18Cl2N2O2. The van der Waals surface area contributed by atoms with Gasteiger partial charge in [0.25, 0.3) is 0 Å². The minimum atomic E-state index is -0.00638. The molecule has 1 aliphatic heterocycles. The highest BCUT2D eigenvalue weighted by molar-refractivity contribution is 6.36. The van der Waals surface area contributed by atoms with Gasteiger partial charge in [0, 0.05) is 43.3 Å². The fourth-order valence-electron chi connectivity index (χ4n) is 2.31. The molecule has 0 unspecified atom stereocenters. The van der Waals surface area contributed by atoms with Crippen molar-refractivity contribution in [3.8, 4) is 0 Å². The Balaban J connectivity index is 1.91. The van der Waals surface area contributed by atoms with E-state index in [4.69, 9.17) is 28.3 Å². The summed E-state index contributed by atoms with van der Waals surface area (Å²) < 4.78 is 0. The second-order valence-corrected chi connectivity index (χ2v) is 5.73. The number of Topliss-reactive ketones (excluding diaryl/α,β-unsaturated/α-hetero) is 1. The van der Waals surface area contributed by atoms with Gasteiger partial charge in [-0.1, -0.05) is 23.2 Å². The van der Waals surface area contributed by atoms with Crippen LogP contribution in [0.4, 0.5) is 0 Å². The van der Waals surface area contributed by atoms with Gasteiger partial charge in [0.2, 0.25) is 0 Å². The van der Waals surface area contributed by atoms with Gasteiger partial charge in [-0.3, -0.25) is 14.6 Å². The SMILES string of the molecule is O=C(CN1CCN(CCO)CC1)c1cc(Cl)ccc1Cl. The molecule has 1 heterocycles. The van der Waals surface area contributed by atoms with Gasteiger partial charge in [-0.2, -0.15) is 0 Å². The van der Waals surface area contributed by atoms with Gasteiger partial charge in [0.15, 0.2) is 5.78 Å². The van der Waals surface area contributed by atoms with Gasteiger partial charge in [-0.05, 0) is 18.2 Å². The summed E-state index contributed by atoms with van der Waals surface area (Å²) in [5.41, 5.74) is 0.483. The van der Waals surface area contributed by atoms with Crippen molar-refractivity contribution in [3.63, 3.8) is 0 Å². The second kappa shape index (κ2) is 7.38. The first-order valence-electron chi connectivity index (χ1n) is 6.64. The molecule has 1 N–H and O–H groups in total. The Morgan fingerprint density at radius 1 is 1.15 bits per heavy atom. The first kappa shape index (κ1) is 15.7. The molecule has 2 rings (SSSR count). The molecule has 0 radical (unpaired) electrons. The smallest absolute Gasteiger partial charge is 0.178 e. The molecule has 0 aromatic heterocycles. The number of carbonyl (C=O) groups is 1. The van der Waals surface area contributed by atoms with Crippen molar-refractivity contribution in [3.05, 3.63) is 33.8 Å². The fourth-order valence-corrected chi connectivity index (χ4v) is 2.71. The van der Waals surface area contributed by atoms with Crippen LogP contribution in [0, 0.1) is 0 Å². The fraction of sp³-hybridized carbons (Fsp3) is 0.500. The Morgan fingerprint density at radius 2 is 1.80 bits per heavy atom. The van der Waals surface area contributed by atoms with E-state index in [1.807, 2.05) is 0 Å². The van der Waals surface area contributed by atoms with Crippen LogP contribution in [0.5, 0.6) is 0 Å². The summed E-state index contributed by atoms with van der Waals surface area (Å²) in [5, 5.41) is 9.86. The molecule has 110 valence electrons. The second-order valence-electron chi connectivity index (χ2n) is 4.89. The van der Waals surface area contributed by atoms with Gasteiger partial charge < -0.3 is 5.11 Å². The first-order valence-corrected chi connectivity index (χ1v) is 7.39. The number of halogens is 2. The molecule has 0 saturated carbocycles. The predicted molar refractivity (Wildman–Crippen MR) is 80.8 cm³/mol. The number of hydrogen-bond donors (Lipinski definition) is 1. The van der Waals surface area contributed by atoms with Crippen LogP contribution in [0.25, 0.3) is 0 Å². The van der Waals surface area contributed by atoms with Crippen LogP contribution in [0.15, 0.2) is 18.2 Å². The molecular weight excluding hydrogens is 299 g/mol. The maximum absolute atomic E-state index is 12.3. The predicted octanol–water partition coefficient (Wildman–Crippen LogP) is 1.79. The molecule has 0 bridgehead atoms. The van der Waals surface area contributed by atoms with Crippen molar-refractivity contribution in [2.75, 3.05) is 45.9 Å². The lowest BCUT2D eigenvalue weighted by Crippen LogP contribution is -2.48. The Kier molecular flexibility index (Phi) is 5.81. The van der Waals surface area contributed by atoms with Crippen LogP contribution >= 0.6 is 23.2 Å². The summed E-state index contributed by atoms with van der Waals surface area (Å²) in [4.78, 5) is 16.5. The third-order valence-corrected chi connectivity index (χ3v) is 4.04. The number of benzene rings is 1. The number of hydrogen-bond acceptors (Lipinski definition) is 4. The van der Waals surface area contributed by atoms with Crippen LogP contribution in [0.2, 0.25) is 10.0 Å². The topological polar surface area (TPSA) is 43.8 Å². The summed E-state index contributed by atoms with van der Waals surface area (Å²) >= 11 is 11.9. The van der Waals surface area contributed by atoms with E-state index in [0.717, 1.165) is 26.2 Å². The highest BCUT2D eigenvalue weighted by Crippen LogP contribution is 2.21. The van der Waals surface area contributed by atoms with Crippen LogP contribution in [-0.4, -0.2) is 66.6 Å². The summed E-state index contributed by atoms with van der Waals surface area (Å²) in [6.45, 7) is 4.62. The summed E-state index contributed by atoms with van der Waals surface area (Å²) in [6.07, 6.45) is 0. The molecule has 0 atom stereocenters. The maximum Gasteiger partial charge on any atom is 0.178 e. The van der Waals surface area contributed by atoms with E-state index >= 15 is 0 Å². The molecule has 0 aliphatic carbocycles. The molecule has 20 heavy (non-hydrogen) atoms. The molecule has 1 saturated heterocycles. The van der Waals surface area contributed by atoms with Crippen molar-refractivity contribution in [2.45, 2.75) is 0 Å². The normalized spacial score (nSPS) is 17.4. The summed E-state index contributed by atoms with van der Waals surface area (Å²) in [6, 6.07) is 4.94. The summed E-state index contributed by atoms with van der Waals surface area (Å²) in [7, 11) is 0.